The van der Waals surface area contributed by atoms with Gasteiger partial charge in [0.05, 0.1) is 0 Å². The van der Waals surface area contributed by atoms with Crippen LogP contribution in [0.4, 0.5) is 0 Å². The van der Waals surface area contributed by atoms with Gasteiger partial charge in [-0.2, -0.15) is 23.5 Å². The summed E-state index contributed by atoms with van der Waals surface area (Å²) in [6, 6.07) is 10.7. The number of hydrogen-bond acceptors (Lipinski definition) is 2. The highest BCUT2D eigenvalue weighted by Crippen LogP contribution is 2.45. The largest absolute Gasteiger partial charge is 0.158 e. The van der Waals surface area contributed by atoms with Gasteiger partial charge in [-0.3, -0.25) is 0 Å². The summed E-state index contributed by atoms with van der Waals surface area (Å²) in [5.74, 6) is 3.66. The van der Waals surface area contributed by atoms with Crippen molar-refractivity contribution < 1.29 is 0 Å². The molecule has 2 fully saturated rings. The zero-order valence-corrected chi connectivity index (χ0v) is 11.6. The molecule has 0 radical (unpaired) electrons. The maximum atomic E-state index is 2.45. The van der Waals surface area contributed by atoms with Crippen LogP contribution in [-0.4, -0.2) is 22.0 Å². The molecule has 90 valence electrons. The minimum Gasteiger partial charge on any atom is -0.158 e. The van der Waals surface area contributed by atoms with E-state index in [0.29, 0.717) is 0 Å². The van der Waals surface area contributed by atoms with Crippen LogP contribution in [0.2, 0.25) is 0 Å². The summed E-state index contributed by atoms with van der Waals surface area (Å²) in [5.41, 5.74) is 1.33. The van der Waals surface area contributed by atoms with Gasteiger partial charge in [0.1, 0.15) is 0 Å². The molecule has 2 heterocycles. The first kappa shape index (κ1) is 11.7. The zero-order chi connectivity index (χ0) is 11.5. The average molecular weight is 262 g/mol. The van der Waals surface area contributed by atoms with Gasteiger partial charge >= 0.3 is 0 Å². The van der Waals surface area contributed by atoms with E-state index < -0.39 is 0 Å². The third-order valence-electron chi connectivity index (χ3n) is 3.67. The van der Waals surface area contributed by atoms with Gasteiger partial charge in [0.15, 0.2) is 0 Å². The third-order valence-corrected chi connectivity index (χ3v) is 6.52. The summed E-state index contributed by atoms with van der Waals surface area (Å²) in [5, 5.41) is 1.70. The fourth-order valence-corrected chi connectivity index (χ4v) is 5.97. The van der Waals surface area contributed by atoms with Gasteiger partial charge < -0.3 is 0 Å². The van der Waals surface area contributed by atoms with Crippen LogP contribution in [0.1, 0.15) is 18.4 Å². The van der Waals surface area contributed by atoms with Crippen molar-refractivity contribution in [3.63, 3.8) is 0 Å². The summed E-state index contributed by atoms with van der Waals surface area (Å²) < 4.78 is 0. The molecule has 0 nitrogen and oxygen atoms in total. The summed E-state index contributed by atoms with van der Waals surface area (Å²) in [7, 11) is 0. The van der Waals surface area contributed by atoms with Crippen LogP contribution in [0.3, 0.4) is 0 Å². The minimum atomic E-state index is 0.754. The first-order valence-electron chi connectivity index (χ1n) is 6.40. The minimum absolute atomic E-state index is 0.754. The molecular weight excluding hydrogens is 244 g/mol. The van der Waals surface area contributed by atoms with Crippen LogP contribution >= 0.6 is 23.5 Å². The molecule has 0 aromatic heterocycles. The average Bonchev–Trinajstić information content (AvgIpc) is 2.86. The van der Waals surface area contributed by atoms with Crippen molar-refractivity contribution in [2.24, 2.45) is 5.92 Å². The molecule has 0 unspecified atom stereocenters. The molecule has 2 saturated heterocycles. The Kier molecular flexibility index (Phi) is 3.82. The van der Waals surface area contributed by atoms with Gasteiger partial charge in [-0.15, -0.1) is 0 Å². The Balaban J connectivity index is 1.70. The van der Waals surface area contributed by atoms with E-state index in [9.17, 15) is 0 Å². The second-order valence-electron chi connectivity index (χ2n) is 4.76. The number of fused-ring (bicyclic) bond motifs is 1. The van der Waals surface area contributed by atoms with Crippen molar-refractivity contribution in [1.29, 1.82) is 0 Å². The first-order valence-corrected chi connectivity index (χ1v) is 8.50. The monoisotopic (exact) mass is 262 g/mol. The van der Waals surface area contributed by atoms with E-state index in [4.69, 9.17) is 0 Å². The molecule has 3 rings (SSSR count). The fraction of sp³-hybridized carbons (Fsp3) is 0.467. The molecule has 2 aliphatic heterocycles. The molecule has 2 aliphatic rings. The quantitative estimate of drug-likeness (QED) is 0.778. The van der Waals surface area contributed by atoms with Gasteiger partial charge in [0.25, 0.3) is 0 Å². The molecule has 0 saturated carbocycles. The van der Waals surface area contributed by atoms with Crippen LogP contribution < -0.4 is 0 Å². The van der Waals surface area contributed by atoms with Crippen molar-refractivity contribution in [2.75, 3.05) is 11.5 Å². The highest BCUT2D eigenvalue weighted by Gasteiger charge is 2.36. The van der Waals surface area contributed by atoms with Crippen molar-refractivity contribution in [2.45, 2.75) is 23.3 Å². The maximum Gasteiger partial charge on any atom is 0.0269 e. The molecule has 2 heteroatoms. The number of hydrogen-bond donors (Lipinski definition) is 0. The zero-order valence-electron chi connectivity index (χ0n) is 9.92. The molecule has 0 aliphatic carbocycles. The molecule has 0 N–H and O–H groups in total. The Morgan fingerprint density at radius 1 is 1.00 bits per heavy atom. The predicted molar refractivity (Wildman–Crippen MR) is 80.7 cm³/mol. The lowest BCUT2D eigenvalue weighted by Gasteiger charge is -2.30. The van der Waals surface area contributed by atoms with Crippen molar-refractivity contribution in [3.05, 3.63) is 42.0 Å². The maximum absolute atomic E-state index is 2.45. The SMILES string of the molecule is C(=C\[C@@H]1SCC[C@@H]2SCC[C@@H]12)/c1ccccc1. The Hall–Kier alpha value is -0.340. The molecule has 1 aromatic carbocycles. The van der Waals surface area contributed by atoms with Crippen LogP contribution in [0, 0.1) is 5.92 Å². The van der Waals surface area contributed by atoms with E-state index in [2.05, 4.69) is 66.0 Å². The van der Waals surface area contributed by atoms with Crippen LogP contribution in [-0.2, 0) is 0 Å². The summed E-state index contributed by atoms with van der Waals surface area (Å²) in [6.07, 6.45) is 7.60. The van der Waals surface area contributed by atoms with Crippen LogP contribution in [0.5, 0.6) is 0 Å². The third kappa shape index (κ3) is 2.74. The van der Waals surface area contributed by atoms with Crippen molar-refractivity contribution in [3.8, 4) is 0 Å². The molecule has 0 bridgehead atoms. The van der Waals surface area contributed by atoms with Gasteiger partial charge in [0, 0.05) is 10.5 Å². The van der Waals surface area contributed by atoms with Gasteiger partial charge in [-0.1, -0.05) is 42.5 Å². The summed E-state index contributed by atoms with van der Waals surface area (Å²) in [4.78, 5) is 0. The highest BCUT2D eigenvalue weighted by atomic mass is 32.2. The van der Waals surface area contributed by atoms with Crippen molar-refractivity contribution >= 4 is 29.6 Å². The summed E-state index contributed by atoms with van der Waals surface area (Å²) in [6.45, 7) is 0. The predicted octanol–water partition coefficient (Wildman–Crippen LogP) is 4.33. The topological polar surface area (TPSA) is 0 Å². The number of rotatable bonds is 2. The molecular formula is C15H18S2. The molecule has 3 atom stereocenters. The lowest BCUT2D eigenvalue weighted by atomic mass is 9.95. The van der Waals surface area contributed by atoms with Gasteiger partial charge in [-0.25, -0.2) is 0 Å². The Morgan fingerprint density at radius 2 is 1.82 bits per heavy atom. The lowest BCUT2D eigenvalue weighted by Crippen LogP contribution is -2.28. The molecule has 0 amide bonds. The van der Waals surface area contributed by atoms with E-state index in [1.54, 1.807) is 0 Å². The standard InChI is InChI=1S/C15H18S2/c1-2-4-12(5-3-1)6-7-14-13-8-10-16-15(13)9-11-17-14/h1-7,13-15H,8-11H2/b7-6+/t13-,14-,15-/m0/s1. The van der Waals surface area contributed by atoms with Gasteiger partial charge in [0.2, 0.25) is 0 Å². The van der Waals surface area contributed by atoms with Gasteiger partial charge in [-0.05, 0) is 35.8 Å². The number of benzene rings is 1. The van der Waals surface area contributed by atoms with E-state index in [0.717, 1.165) is 16.4 Å². The lowest BCUT2D eigenvalue weighted by molar-refractivity contribution is 0.510. The van der Waals surface area contributed by atoms with E-state index in [-0.39, 0.29) is 0 Å². The van der Waals surface area contributed by atoms with E-state index >= 15 is 0 Å². The van der Waals surface area contributed by atoms with E-state index in [1.807, 2.05) is 0 Å². The summed E-state index contributed by atoms with van der Waals surface area (Å²) >= 11 is 4.36. The Labute approximate surface area is 112 Å². The molecule has 0 spiro atoms. The van der Waals surface area contributed by atoms with E-state index in [1.165, 1.54) is 29.9 Å². The van der Waals surface area contributed by atoms with Crippen LogP contribution in [0.25, 0.3) is 6.08 Å². The highest BCUT2D eigenvalue weighted by molar-refractivity contribution is 8.01. The normalized spacial score (nSPS) is 32.8. The van der Waals surface area contributed by atoms with Crippen LogP contribution in [0.15, 0.2) is 36.4 Å². The fourth-order valence-electron chi connectivity index (χ4n) is 2.75. The Bertz CT molecular complexity index is 385. The molecule has 1 aromatic rings. The smallest absolute Gasteiger partial charge is 0.0269 e. The number of thioether (sulfide) groups is 2. The Morgan fingerprint density at radius 3 is 2.71 bits per heavy atom. The first-order chi connectivity index (χ1) is 8.43. The second kappa shape index (κ2) is 5.53. The second-order valence-corrected chi connectivity index (χ2v) is 7.39. The molecule has 17 heavy (non-hydrogen) atoms. The van der Waals surface area contributed by atoms with Crippen molar-refractivity contribution in [1.82, 2.24) is 0 Å².